The first kappa shape index (κ1) is 39.0. The van der Waals surface area contributed by atoms with Crippen LogP contribution in [0.2, 0.25) is 0 Å². The van der Waals surface area contributed by atoms with E-state index in [2.05, 4.69) is 0 Å². The third-order valence-corrected chi connectivity index (χ3v) is 12.7. The molecule has 0 unspecified atom stereocenters. The molecule has 4 aliphatic rings. The second-order valence-corrected chi connectivity index (χ2v) is 16.3. The standard InChI is InChI=1S/C45H48O11/c1-26-18-35-43(51,40(26)50)24-31(25-54-36(47)23-30-16-17-33(46)34(20-30)53-5)19-32-39-42(3,4)45(39,56-38(49)22-29-14-10-7-11-15-29)41(27(2)44(32,35)52)55-37(48)21-28-12-8-6-9-13-28/h6-20,27,32,35,39,41,46,51-52H,21-25H2,1-5H3/t27-,32+,35-,39-,41-,43-,44-,45-/m1/s1. The van der Waals surface area contributed by atoms with Crippen molar-refractivity contribution in [3.05, 3.63) is 119 Å². The van der Waals surface area contributed by atoms with E-state index in [0.717, 1.165) is 11.1 Å². The van der Waals surface area contributed by atoms with Gasteiger partial charge < -0.3 is 34.3 Å². The number of phenolic OH excluding ortho intramolecular Hbond substituents is 1. The van der Waals surface area contributed by atoms with Gasteiger partial charge in [0.15, 0.2) is 22.9 Å². The van der Waals surface area contributed by atoms with Gasteiger partial charge in [-0.1, -0.05) is 99.7 Å². The van der Waals surface area contributed by atoms with Crippen LogP contribution in [0, 0.1) is 29.1 Å². The van der Waals surface area contributed by atoms with Gasteiger partial charge in [-0.25, -0.2) is 0 Å². The number of esters is 3. The Bertz CT molecular complexity index is 2110. The Labute approximate surface area is 325 Å². The first-order valence-electron chi connectivity index (χ1n) is 18.9. The van der Waals surface area contributed by atoms with Gasteiger partial charge >= 0.3 is 17.9 Å². The van der Waals surface area contributed by atoms with Crippen LogP contribution < -0.4 is 4.74 Å². The van der Waals surface area contributed by atoms with Crippen LogP contribution in [0.25, 0.3) is 0 Å². The summed E-state index contributed by atoms with van der Waals surface area (Å²) in [5, 5.41) is 35.7. The van der Waals surface area contributed by atoms with Gasteiger partial charge in [-0.2, -0.15) is 0 Å². The van der Waals surface area contributed by atoms with Gasteiger partial charge in [0.1, 0.15) is 18.3 Å². The molecule has 2 fully saturated rings. The topological polar surface area (TPSA) is 166 Å². The fourth-order valence-electron chi connectivity index (χ4n) is 9.97. The lowest BCUT2D eigenvalue weighted by Crippen LogP contribution is -2.66. The molecule has 3 aromatic rings. The second-order valence-electron chi connectivity index (χ2n) is 16.3. The summed E-state index contributed by atoms with van der Waals surface area (Å²) in [5.41, 5.74) is -3.60. The molecule has 0 aromatic heterocycles. The number of benzene rings is 3. The average Bonchev–Trinajstić information content (AvgIpc) is 3.59. The van der Waals surface area contributed by atoms with Crippen LogP contribution in [0.3, 0.4) is 0 Å². The summed E-state index contributed by atoms with van der Waals surface area (Å²) in [7, 11) is 1.40. The van der Waals surface area contributed by atoms with E-state index in [-0.39, 0.29) is 49.4 Å². The molecule has 0 bridgehead atoms. The number of fused-ring (bicyclic) bond motifs is 5. The highest BCUT2D eigenvalue weighted by Gasteiger charge is 2.88. The monoisotopic (exact) mass is 764 g/mol. The van der Waals surface area contributed by atoms with E-state index in [1.807, 2.05) is 62.4 Å². The summed E-state index contributed by atoms with van der Waals surface area (Å²) in [6.45, 7) is 6.81. The number of hydrogen-bond acceptors (Lipinski definition) is 11. The quantitative estimate of drug-likeness (QED) is 0.136. The number of phenols is 1. The lowest BCUT2D eigenvalue weighted by atomic mass is 9.59. The molecule has 11 nitrogen and oxygen atoms in total. The molecule has 0 amide bonds. The Morgan fingerprint density at radius 3 is 2.05 bits per heavy atom. The summed E-state index contributed by atoms with van der Waals surface area (Å²) in [6.07, 6.45) is 1.71. The molecular weight excluding hydrogens is 716 g/mol. The van der Waals surface area contributed by atoms with Crippen molar-refractivity contribution in [3.63, 3.8) is 0 Å². The van der Waals surface area contributed by atoms with Crippen molar-refractivity contribution in [2.75, 3.05) is 13.7 Å². The van der Waals surface area contributed by atoms with Crippen molar-refractivity contribution in [3.8, 4) is 11.5 Å². The van der Waals surface area contributed by atoms with Crippen molar-refractivity contribution in [1.29, 1.82) is 0 Å². The molecular formula is C45H48O11. The third-order valence-electron chi connectivity index (χ3n) is 12.7. The number of Topliss-reactive ketones (excluding diaryl/α,β-unsaturated/α-hetero) is 1. The maximum absolute atomic E-state index is 13.9. The van der Waals surface area contributed by atoms with E-state index in [9.17, 15) is 34.5 Å². The minimum atomic E-state index is -2.11. The predicted molar refractivity (Wildman–Crippen MR) is 203 cm³/mol. The van der Waals surface area contributed by atoms with Gasteiger partial charge in [-0.15, -0.1) is 0 Å². The Morgan fingerprint density at radius 1 is 0.821 bits per heavy atom. The van der Waals surface area contributed by atoms with Crippen LogP contribution in [0.15, 0.2) is 102 Å². The molecule has 0 radical (unpaired) electrons. The fourth-order valence-corrected chi connectivity index (χ4v) is 9.97. The number of carbonyl (C=O) groups is 4. The Hall–Kier alpha value is -5.26. The molecule has 7 rings (SSSR count). The highest BCUT2D eigenvalue weighted by molar-refractivity contribution is 6.05. The Kier molecular flexibility index (Phi) is 9.99. The maximum Gasteiger partial charge on any atom is 0.310 e. The number of rotatable bonds is 11. The number of ketones is 1. The van der Waals surface area contributed by atoms with E-state index in [1.54, 1.807) is 44.2 Å². The SMILES string of the molecule is COc1cc(CC(=O)OCC2=C[C@H]3[C@@H]4C(C)(C)[C@]4(OC(=O)Cc4ccccc4)[C@H](OC(=O)Cc4ccccc4)[C@@H](C)[C@]3(O)[C@@H]3C=C(C)C(=O)[C@@]3(O)C2)ccc1O. The molecule has 4 aliphatic carbocycles. The summed E-state index contributed by atoms with van der Waals surface area (Å²) < 4.78 is 23.8. The zero-order chi connectivity index (χ0) is 40.2. The molecule has 2 saturated carbocycles. The van der Waals surface area contributed by atoms with Crippen LogP contribution in [-0.2, 0) is 52.7 Å². The van der Waals surface area contributed by atoms with E-state index >= 15 is 0 Å². The Morgan fingerprint density at radius 2 is 1.43 bits per heavy atom. The van der Waals surface area contributed by atoms with Crippen LogP contribution >= 0.6 is 0 Å². The molecule has 11 heteroatoms. The molecule has 294 valence electrons. The van der Waals surface area contributed by atoms with Gasteiger partial charge in [0.25, 0.3) is 0 Å². The summed E-state index contributed by atoms with van der Waals surface area (Å²) in [5.74, 6) is -5.75. The van der Waals surface area contributed by atoms with Gasteiger partial charge in [0.2, 0.25) is 0 Å². The van der Waals surface area contributed by atoms with E-state index in [4.69, 9.17) is 18.9 Å². The molecule has 8 atom stereocenters. The number of hydrogen-bond donors (Lipinski definition) is 3. The minimum Gasteiger partial charge on any atom is -0.504 e. The first-order valence-corrected chi connectivity index (χ1v) is 18.9. The number of methoxy groups -OCH3 is 1. The van der Waals surface area contributed by atoms with Crippen LogP contribution in [0.1, 0.15) is 50.8 Å². The van der Waals surface area contributed by atoms with Gasteiger partial charge in [0, 0.05) is 35.5 Å². The summed E-state index contributed by atoms with van der Waals surface area (Å²) >= 11 is 0. The maximum atomic E-state index is 13.9. The molecule has 0 aliphatic heterocycles. The molecule has 0 spiro atoms. The van der Waals surface area contributed by atoms with Crippen molar-refractivity contribution < 1.29 is 53.4 Å². The zero-order valence-corrected chi connectivity index (χ0v) is 32.2. The fraction of sp³-hybridized carbons (Fsp3) is 0.422. The van der Waals surface area contributed by atoms with Gasteiger partial charge in [-0.3, -0.25) is 19.2 Å². The smallest absolute Gasteiger partial charge is 0.310 e. The van der Waals surface area contributed by atoms with Crippen molar-refractivity contribution in [1.82, 2.24) is 0 Å². The normalized spacial score (nSPS) is 31.0. The van der Waals surface area contributed by atoms with Crippen molar-refractivity contribution in [2.45, 2.75) is 76.3 Å². The lowest BCUT2D eigenvalue weighted by molar-refractivity contribution is -0.228. The van der Waals surface area contributed by atoms with E-state index in [0.29, 0.717) is 11.1 Å². The number of carbonyl (C=O) groups excluding carboxylic acids is 4. The van der Waals surface area contributed by atoms with Crippen LogP contribution in [0.5, 0.6) is 11.5 Å². The van der Waals surface area contributed by atoms with Crippen LogP contribution in [0.4, 0.5) is 0 Å². The Balaban J connectivity index is 1.27. The molecule has 56 heavy (non-hydrogen) atoms. The highest BCUT2D eigenvalue weighted by atomic mass is 16.6. The largest absolute Gasteiger partial charge is 0.504 e. The van der Waals surface area contributed by atoms with E-state index in [1.165, 1.54) is 19.2 Å². The average molecular weight is 765 g/mol. The first-order chi connectivity index (χ1) is 26.6. The zero-order valence-electron chi connectivity index (χ0n) is 32.2. The molecule has 0 heterocycles. The minimum absolute atomic E-state index is 0.0395. The third kappa shape index (κ3) is 6.40. The number of aliphatic hydroxyl groups is 2. The second kappa shape index (κ2) is 14.4. The van der Waals surface area contributed by atoms with Crippen molar-refractivity contribution >= 4 is 23.7 Å². The summed E-state index contributed by atoms with van der Waals surface area (Å²) in [6, 6.07) is 22.7. The molecule has 3 aromatic carbocycles. The number of ether oxygens (including phenoxy) is 4. The van der Waals surface area contributed by atoms with Crippen molar-refractivity contribution in [2.24, 2.45) is 29.1 Å². The van der Waals surface area contributed by atoms with Gasteiger partial charge in [0.05, 0.1) is 32.0 Å². The van der Waals surface area contributed by atoms with Crippen LogP contribution in [-0.4, -0.2) is 75.6 Å². The number of aromatic hydroxyl groups is 1. The molecule has 3 N–H and O–H groups in total. The van der Waals surface area contributed by atoms with E-state index < -0.39 is 75.7 Å². The highest BCUT2D eigenvalue weighted by Crippen LogP contribution is 2.77. The van der Waals surface area contributed by atoms with Gasteiger partial charge in [-0.05, 0) is 46.9 Å². The summed E-state index contributed by atoms with van der Waals surface area (Å²) in [4.78, 5) is 54.7. The molecule has 0 saturated heterocycles. The predicted octanol–water partition coefficient (Wildman–Crippen LogP) is 5.03. The lowest BCUT2D eigenvalue weighted by Gasteiger charge is -2.53.